The second kappa shape index (κ2) is 13.6. The van der Waals surface area contributed by atoms with Gasteiger partial charge in [-0.05, 0) is 102 Å². The number of amidine groups is 1. The smallest absolute Gasteiger partial charge is 0.177 e. The molecule has 0 aromatic heterocycles. The highest BCUT2D eigenvalue weighted by Crippen LogP contribution is 2.01. The lowest BCUT2D eigenvalue weighted by Gasteiger charge is -2.14. The van der Waals surface area contributed by atoms with Crippen molar-refractivity contribution in [3.8, 4) is 94.7 Å². The van der Waals surface area contributed by atoms with E-state index in [0.29, 0.717) is 0 Å². The van der Waals surface area contributed by atoms with E-state index in [0.717, 1.165) is 31.9 Å². The van der Waals surface area contributed by atoms with Crippen molar-refractivity contribution in [1.29, 1.82) is 0 Å². The molecule has 0 bridgehead atoms. The fourth-order valence-electron chi connectivity index (χ4n) is 1.61. The van der Waals surface area contributed by atoms with E-state index < -0.39 is 0 Å². The van der Waals surface area contributed by atoms with Gasteiger partial charge in [0.05, 0.1) is 6.54 Å². The molecule has 25 heavy (non-hydrogen) atoms. The summed E-state index contributed by atoms with van der Waals surface area (Å²) in [5, 5.41) is 0. The van der Waals surface area contributed by atoms with Gasteiger partial charge in [-0.15, -0.1) is 0 Å². The molecule has 1 rings (SSSR count). The van der Waals surface area contributed by atoms with E-state index in [2.05, 4.69) is 112 Å². The molecule has 1 aliphatic rings. The summed E-state index contributed by atoms with van der Waals surface area (Å²) in [5.74, 6) is 42.5. The van der Waals surface area contributed by atoms with E-state index >= 15 is 0 Å². The van der Waals surface area contributed by atoms with Gasteiger partial charge >= 0.3 is 0 Å². The van der Waals surface area contributed by atoms with Gasteiger partial charge in [0.25, 0.3) is 0 Å². The number of rotatable bonds is 2. The predicted molar refractivity (Wildman–Crippen MR) is 102 cm³/mol. The predicted octanol–water partition coefficient (Wildman–Crippen LogP) is 1.16. The lowest BCUT2D eigenvalue weighted by atomic mass is 10.4. The van der Waals surface area contributed by atoms with Crippen LogP contribution < -0.4 is 0 Å². The van der Waals surface area contributed by atoms with Crippen LogP contribution in [-0.2, 0) is 0 Å². The van der Waals surface area contributed by atoms with Gasteiger partial charge in [-0.25, -0.2) is 0 Å². The van der Waals surface area contributed by atoms with E-state index in [4.69, 9.17) is 0 Å². The molecule has 0 saturated carbocycles. The number of hydrogen-bond donors (Lipinski definition) is 0. The van der Waals surface area contributed by atoms with Crippen LogP contribution in [0.2, 0.25) is 0 Å². The van der Waals surface area contributed by atoms with Gasteiger partial charge < -0.3 is 4.90 Å². The summed E-state index contributed by atoms with van der Waals surface area (Å²) in [7, 11) is 0. The van der Waals surface area contributed by atoms with E-state index in [-0.39, 0.29) is 0 Å². The number of hydrogen-bond acceptors (Lipinski definition) is 2. The van der Waals surface area contributed by atoms with Crippen molar-refractivity contribution < 1.29 is 0 Å². The number of nitrogens with zero attached hydrogens (tertiary/aromatic N) is 2. The van der Waals surface area contributed by atoms with Crippen molar-refractivity contribution in [3.63, 3.8) is 0 Å². The lowest BCUT2D eigenvalue weighted by Crippen LogP contribution is -2.27. The zero-order chi connectivity index (χ0) is 18.0. The highest BCUT2D eigenvalue weighted by Gasteiger charge is 2.12. The molecule has 0 radical (unpaired) electrons. The van der Waals surface area contributed by atoms with E-state index in [1.54, 1.807) is 6.92 Å². The van der Waals surface area contributed by atoms with Crippen LogP contribution in [0.1, 0.15) is 20.3 Å². The summed E-state index contributed by atoms with van der Waals surface area (Å²) in [4.78, 5) is 6.50. The zero-order valence-corrected chi connectivity index (χ0v) is 14.2. The minimum Gasteiger partial charge on any atom is -0.348 e. The monoisotopic (exact) mass is 318 g/mol. The van der Waals surface area contributed by atoms with E-state index in [1.165, 1.54) is 0 Å². The second-order valence-electron chi connectivity index (χ2n) is 4.32. The van der Waals surface area contributed by atoms with Crippen LogP contribution in [0, 0.1) is 94.7 Å². The van der Waals surface area contributed by atoms with Crippen LogP contribution in [0.5, 0.6) is 0 Å². The van der Waals surface area contributed by atoms with Crippen LogP contribution in [0.25, 0.3) is 0 Å². The first-order chi connectivity index (χ1) is 12.4. The Morgan fingerprint density at radius 1 is 0.760 bits per heavy atom. The van der Waals surface area contributed by atoms with Crippen LogP contribution in [0.4, 0.5) is 0 Å². The molecule has 0 saturated heterocycles. The van der Waals surface area contributed by atoms with Gasteiger partial charge in [0.2, 0.25) is 0 Å². The van der Waals surface area contributed by atoms with Crippen molar-refractivity contribution in [2.45, 2.75) is 20.3 Å². The third kappa shape index (κ3) is 9.55. The summed E-state index contributed by atoms with van der Waals surface area (Å²) in [6, 6.07) is 0. The largest absolute Gasteiger partial charge is 0.348 e. The first kappa shape index (κ1) is 19.0. The van der Waals surface area contributed by atoms with Gasteiger partial charge in [0.1, 0.15) is 0 Å². The Morgan fingerprint density at radius 3 is 1.72 bits per heavy atom. The first-order valence-electron chi connectivity index (χ1n) is 7.60. The average Bonchev–Trinajstić information content (AvgIpc) is 3.06. The molecule has 0 amide bonds. The highest BCUT2D eigenvalue weighted by molar-refractivity contribution is 5.99. The Bertz CT molecular complexity index is 1010. The Balaban J connectivity index is 2.46. The lowest BCUT2D eigenvalue weighted by molar-refractivity contribution is 0.458. The standard InChI is InChI=1S/C23H14N2/c1-3-5-6-7-8-9-10-11-12-13-14-15-16-17-18-19-23-24-20-22-25(23)21-4-2/h4,20-22H2,1-2H3. The minimum absolute atomic E-state index is 0.803. The maximum absolute atomic E-state index is 4.34. The fraction of sp³-hybridized carbons (Fsp3) is 0.261. The molecular formula is C23H14N2. The Hall–Kier alpha value is -4.05. The molecule has 0 aromatic carbocycles. The van der Waals surface area contributed by atoms with Crippen LogP contribution >= 0.6 is 0 Å². The molecular weight excluding hydrogens is 304 g/mol. The third-order valence-electron chi connectivity index (χ3n) is 2.54. The second-order valence-corrected chi connectivity index (χ2v) is 4.32. The molecule has 0 unspecified atom stereocenters. The molecule has 116 valence electrons. The van der Waals surface area contributed by atoms with Crippen molar-refractivity contribution in [2.24, 2.45) is 4.99 Å². The summed E-state index contributed by atoms with van der Waals surface area (Å²) >= 11 is 0. The maximum atomic E-state index is 4.34. The normalized spacial score (nSPS) is 9.20. The Morgan fingerprint density at radius 2 is 1.24 bits per heavy atom. The Labute approximate surface area is 150 Å². The molecule has 0 atom stereocenters. The van der Waals surface area contributed by atoms with Crippen molar-refractivity contribution in [2.75, 3.05) is 19.6 Å². The summed E-state index contributed by atoms with van der Waals surface area (Å²) in [6.45, 7) is 6.55. The molecule has 0 spiro atoms. The minimum atomic E-state index is 0.803. The summed E-state index contributed by atoms with van der Waals surface area (Å²) in [5.41, 5.74) is 0. The SMILES string of the molecule is CC#CC#CC#CC#CC#CC#CC#CC#CC1=NCCN1CCC. The average molecular weight is 318 g/mol. The highest BCUT2D eigenvalue weighted by atomic mass is 15.2. The molecule has 0 N–H and O–H groups in total. The summed E-state index contributed by atoms with van der Waals surface area (Å²) in [6.07, 6.45) is 1.08. The van der Waals surface area contributed by atoms with Crippen LogP contribution in [0.3, 0.4) is 0 Å². The maximum Gasteiger partial charge on any atom is 0.177 e. The van der Waals surface area contributed by atoms with Crippen molar-refractivity contribution in [1.82, 2.24) is 4.90 Å². The number of aliphatic imine (C=N–C) groups is 1. The molecule has 1 aliphatic heterocycles. The molecule has 0 aromatic rings. The summed E-state index contributed by atoms with van der Waals surface area (Å²) < 4.78 is 0. The van der Waals surface area contributed by atoms with Crippen molar-refractivity contribution >= 4 is 5.84 Å². The quantitative estimate of drug-likeness (QED) is 0.698. The van der Waals surface area contributed by atoms with Gasteiger partial charge in [-0.2, -0.15) is 0 Å². The third-order valence-corrected chi connectivity index (χ3v) is 2.54. The molecule has 2 heteroatoms. The van der Waals surface area contributed by atoms with Crippen molar-refractivity contribution in [3.05, 3.63) is 0 Å². The van der Waals surface area contributed by atoms with Gasteiger partial charge in [0.15, 0.2) is 5.84 Å². The van der Waals surface area contributed by atoms with Gasteiger partial charge in [-0.1, -0.05) is 12.8 Å². The van der Waals surface area contributed by atoms with Gasteiger partial charge in [0, 0.05) is 13.1 Å². The van der Waals surface area contributed by atoms with Crippen LogP contribution in [0.15, 0.2) is 4.99 Å². The first-order valence-corrected chi connectivity index (χ1v) is 7.60. The Kier molecular flexibility index (Phi) is 10.3. The molecule has 1 heterocycles. The van der Waals surface area contributed by atoms with E-state index in [1.807, 2.05) is 0 Å². The zero-order valence-electron chi connectivity index (χ0n) is 14.2. The topological polar surface area (TPSA) is 15.6 Å². The molecule has 2 nitrogen and oxygen atoms in total. The van der Waals surface area contributed by atoms with Crippen LogP contribution in [-0.4, -0.2) is 30.4 Å². The molecule has 0 fully saturated rings. The fourth-order valence-corrected chi connectivity index (χ4v) is 1.61. The molecule has 0 aliphatic carbocycles. The van der Waals surface area contributed by atoms with Gasteiger partial charge in [-0.3, -0.25) is 4.99 Å². The van der Waals surface area contributed by atoms with E-state index in [9.17, 15) is 0 Å².